The van der Waals surface area contributed by atoms with E-state index in [2.05, 4.69) is 62.4 Å². The molecule has 2 N–H and O–H groups in total. The van der Waals surface area contributed by atoms with Gasteiger partial charge in [0.25, 0.3) is 0 Å². The molecule has 3 rings (SSSR count). The average molecular weight is 551 g/mol. The fraction of sp³-hybridized carbons (Fsp3) is 0.500. The van der Waals surface area contributed by atoms with Gasteiger partial charge in [-0.2, -0.15) is 0 Å². The number of aliphatic hydroxyl groups is 2. The molecule has 0 fully saturated rings. The van der Waals surface area contributed by atoms with Gasteiger partial charge in [0.05, 0.1) is 0 Å². The average Bonchev–Trinajstić information content (AvgIpc) is 3.27. The van der Waals surface area contributed by atoms with E-state index in [1.807, 2.05) is 12.2 Å². The number of aryl methyl sites for hydroxylation is 2. The van der Waals surface area contributed by atoms with Gasteiger partial charge in [0.2, 0.25) is 11.4 Å². The normalized spacial score (nSPS) is 11.9. The largest absolute Gasteiger partial charge is 0.493 e. The van der Waals surface area contributed by atoms with Crippen molar-refractivity contribution in [2.75, 3.05) is 13.2 Å². The van der Waals surface area contributed by atoms with Gasteiger partial charge in [-0.3, -0.25) is 0 Å². The molecule has 0 spiro atoms. The van der Waals surface area contributed by atoms with Crippen LogP contribution >= 0.6 is 0 Å². The maximum absolute atomic E-state index is 10.8. The van der Waals surface area contributed by atoms with Crippen molar-refractivity contribution < 1.29 is 31.4 Å². The SMILES string of the molecule is CCCCCCCCc1ccc(C2=CC=C(c3cccc(CCCC)c3)[N+]2=[N-])cc1.CCO.CCO.[Ni]. The molecule has 0 bridgehead atoms. The first-order chi connectivity index (χ1) is 17.6. The van der Waals surface area contributed by atoms with Gasteiger partial charge < -0.3 is 15.7 Å². The molecular formula is C32H48N2NiO2. The van der Waals surface area contributed by atoms with Crippen LogP contribution in [0.25, 0.3) is 16.9 Å². The number of aliphatic hydroxyl groups excluding tert-OH is 2. The minimum Gasteiger partial charge on any atom is -0.493 e. The summed E-state index contributed by atoms with van der Waals surface area (Å²) in [4.78, 5) is 0. The van der Waals surface area contributed by atoms with Gasteiger partial charge in [-0.1, -0.05) is 76.6 Å². The summed E-state index contributed by atoms with van der Waals surface area (Å²) in [5.74, 6) is 0. The van der Waals surface area contributed by atoms with Crippen molar-refractivity contribution in [3.63, 3.8) is 0 Å². The van der Waals surface area contributed by atoms with Crippen LogP contribution in [0.4, 0.5) is 0 Å². The van der Waals surface area contributed by atoms with Crippen molar-refractivity contribution in [3.8, 4) is 0 Å². The molecule has 1 aliphatic heterocycles. The molecule has 1 aliphatic rings. The molecule has 1 heterocycles. The third-order valence-electron chi connectivity index (χ3n) is 5.97. The Balaban J connectivity index is 0.00000169. The Kier molecular flexibility index (Phi) is 20.7. The van der Waals surface area contributed by atoms with E-state index >= 15 is 0 Å². The minimum atomic E-state index is 0. The molecule has 0 aromatic heterocycles. The van der Waals surface area contributed by atoms with Crippen LogP contribution < -0.4 is 0 Å². The van der Waals surface area contributed by atoms with Gasteiger partial charge in [0, 0.05) is 53.0 Å². The minimum absolute atomic E-state index is 0. The zero-order valence-corrected chi connectivity index (χ0v) is 24.4. The molecule has 0 aliphatic carbocycles. The van der Waals surface area contributed by atoms with E-state index in [-0.39, 0.29) is 29.7 Å². The maximum atomic E-state index is 10.8. The van der Waals surface area contributed by atoms with Crippen molar-refractivity contribution in [1.29, 1.82) is 0 Å². The van der Waals surface area contributed by atoms with E-state index in [9.17, 15) is 5.53 Å². The third-order valence-corrected chi connectivity index (χ3v) is 5.97. The summed E-state index contributed by atoms with van der Waals surface area (Å²) >= 11 is 0. The Morgan fingerprint density at radius 1 is 0.622 bits per heavy atom. The van der Waals surface area contributed by atoms with Crippen molar-refractivity contribution in [3.05, 3.63) is 88.5 Å². The second-order valence-electron chi connectivity index (χ2n) is 9.07. The Hall–Kier alpha value is -2.07. The van der Waals surface area contributed by atoms with Gasteiger partial charge in [0.15, 0.2) is 0 Å². The molecule has 0 unspecified atom stereocenters. The van der Waals surface area contributed by atoms with Gasteiger partial charge in [-0.15, -0.1) is 0 Å². The molecule has 2 aromatic carbocycles. The molecule has 0 amide bonds. The van der Waals surface area contributed by atoms with Crippen molar-refractivity contribution in [2.24, 2.45) is 0 Å². The molecule has 0 atom stereocenters. The Bertz CT molecular complexity index is 934. The predicted molar refractivity (Wildman–Crippen MR) is 154 cm³/mol. The third kappa shape index (κ3) is 13.3. The molecule has 2 aromatic rings. The fourth-order valence-corrected chi connectivity index (χ4v) is 4.08. The molecule has 4 nitrogen and oxygen atoms in total. The smallest absolute Gasteiger partial charge is 0.207 e. The number of hydrogen-bond donors (Lipinski definition) is 2. The van der Waals surface area contributed by atoms with Crippen LogP contribution in [0.5, 0.6) is 0 Å². The molecule has 0 saturated carbocycles. The van der Waals surface area contributed by atoms with Crippen molar-refractivity contribution in [2.45, 2.75) is 91.9 Å². The number of hydrogen-bond acceptors (Lipinski definition) is 2. The van der Waals surface area contributed by atoms with Gasteiger partial charge >= 0.3 is 0 Å². The first kappa shape index (κ1) is 34.9. The van der Waals surface area contributed by atoms with Crippen LogP contribution in [0.15, 0.2) is 60.7 Å². The summed E-state index contributed by atoms with van der Waals surface area (Å²) in [6.45, 7) is 8.34. The van der Waals surface area contributed by atoms with E-state index in [1.165, 1.54) is 67.2 Å². The number of rotatable bonds is 12. The zero-order chi connectivity index (χ0) is 26.6. The van der Waals surface area contributed by atoms with E-state index < -0.39 is 0 Å². The second kappa shape index (κ2) is 22.0. The summed E-state index contributed by atoms with van der Waals surface area (Å²) in [5.41, 5.74) is 17.4. The monoisotopic (exact) mass is 550 g/mol. The van der Waals surface area contributed by atoms with E-state index in [0.29, 0.717) is 0 Å². The van der Waals surface area contributed by atoms with Crippen molar-refractivity contribution >= 4 is 11.4 Å². The molecular weight excluding hydrogens is 503 g/mol. The first-order valence-corrected chi connectivity index (χ1v) is 13.9. The summed E-state index contributed by atoms with van der Waals surface area (Å²) in [5, 5.41) is 15.1. The molecule has 5 heteroatoms. The molecule has 0 radical (unpaired) electrons. The topological polar surface area (TPSA) is 65.8 Å². The summed E-state index contributed by atoms with van der Waals surface area (Å²) in [6.07, 6.45) is 16.6. The summed E-state index contributed by atoms with van der Waals surface area (Å²) < 4.78 is 1.33. The molecule has 37 heavy (non-hydrogen) atoms. The summed E-state index contributed by atoms with van der Waals surface area (Å²) in [7, 11) is 0. The van der Waals surface area contributed by atoms with Crippen LogP contribution in [-0.2, 0) is 29.3 Å². The Morgan fingerprint density at radius 2 is 1.14 bits per heavy atom. The quantitative estimate of drug-likeness (QED) is 0.158. The van der Waals surface area contributed by atoms with E-state index in [1.54, 1.807) is 13.8 Å². The maximum Gasteiger partial charge on any atom is 0.207 e. The van der Waals surface area contributed by atoms with E-state index in [0.717, 1.165) is 35.4 Å². The predicted octanol–water partition coefficient (Wildman–Crippen LogP) is 8.36. The molecule has 0 saturated heterocycles. The zero-order valence-electron chi connectivity index (χ0n) is 23.4. The van der Waals surface area contributed by atoms with Gasteiger partial charge in [0.1, 0.15) is 0 Å². The Labute approximate surface area is 235 Å². The van der Waals surface area contributed by atoms with Gasteiger partial charge in [-0.25, -0.2) is 4.70 Å². The summed E-state index contributed by atoms with van der Waals surface area (Å²) in [6, 6.07) is 17.2. The van der Waals surface area contributed by atoms with Crippen LogP contribution in [0.2, 0.25) is 0 Å². The van der Waals surface area contributed by atoms with E-state index in [4.69, 9.17) is 10.2 Å². The van der Waals surface area contributed by atoms with Crippen LogP contribution in [0, 0.1) is 0 Å². The first-order valence-electron chi connectivity index (χ1n) is 13.9. The molecule has 208 valence electrons. The standard InChI is InChI=1S/C28H36N2.2C2H6O.Ni/c1-3-5-7-8-9-10-13-23-16-18-25(19-17-23)27-20-21-28(30(27)29)26-15-11-14-24(22-26)12-6-4-2;2*1-2-3;/h11,14-22H,3-10,12-13H2,1-2H3;2*3H,2H2,1H3;. The number of unbranched alkanes of at least 4 members (excludes halogenated alkanes) is 6. The number of allylic oxidation sites excluding steroid dienone is 2. The Morgan fingerprint density at radius 3 is 1.73 bits per heavy atom. The van der Waals surface area contributed by atoms with Crippen LogP contribution in [-0.4, -0.2) is 28.1 Å². The number of nitrogens with zero attached hydrogens (tertiary/aromatic N) is 2. The van der Waals surface area contributed by atoms with Crippen molar-refractivity contribution in [1.82, 2.24) is 0 Å². The van der Waals surface area contributed by atoms with Crippen LogP contribution in [0.3, 0.4) is 0 Å². The second-order valence-corrected chi connectivity index (χ2v) is 9.07. The van der Waals surface area contributed by atoms with Crippen LogP contribution in [0.1, 0.15) is 101 Å². The van der Waals surface area contributed by atoms with Gasteiger partial charge in [-0.05, 0) is 74.9 Å². The fourth-order valence-electron chi connectivity index (χ4n) is 4.08. The number of benzene rings is 2.